The molecular formula is C14H19BrN3O3S-. The lowest BCUT2D eigenvalue weighted by Gasteiger charge is -2.28. The van der Waals surface area contributed by atoms with Gasteiger partial charge in [0.1, 0.15) is 11.6 Å². The molecule has 1 unspecified atom stereocenters. The first-order valence-corrected chi connectivity index (χ1v) is 8.95. The van der Waals surface area contributed by atoms with Gasteiger partial charge in [0.25, 0.3) is 0 Å². The van der Waals surface area contributed by atoms with E-state index in [-0.39, 0.29) is 28.6 Å². The van der Waals surface area contributed by atoms with E-state index in [0.717, 1.165) is 55.6 Å². The molecule has 2 aliphatic rings. The van der Waals surface area contributed by atoms with Crippen LogP contribution in [0.2, 0.25) is 0 Å². The number of phenols is 1. The van der Waals surface area contributed by atoms with Gasteiger partial charge in [0, 0.05) is 12.5 Å². The molecule has 0 bridgehead atoms. The van der Waals surface area contributed by atoms with E-state index in [4.69, 9.17) is 0 Å². The van der Waals surface area contributed by atoms with Crippen LogP contribution >= 0.6 is 0 Å². The standard InChI is InChI=1S/C14H19N3O3S.BrH/c1-21(19,20)17-13-10-3-2-4-11(14-15-7-8-16-14)9(10)5-6-12(13)18;/h5-6,11,17-18H,2-4,7-8H2,1H3,(H,15,16);1H/p-1. The fraction of sp³-hybridized carbons (Fsp3) is 0.500. The second kappa shape index (κ2) is 6.45. The van der Waals surface area contributed by atoms with E-state index in [0.29, 0.717) is 5.69 Å². The molecule has 1 aromatic carbocycles. The molecule has 0 amide bonds. The van der Waals surface area contributed by atoms with E-state index in [1.54, 1.807) is 6.07 Å². The van der Waals surface area contributed by atoms with Gasteiger partial charge in [-0.2, -0.15) is 0 Å². The number of hydrogen-bond donors (Lipinski definition) is 3. The minimum Gasteiger partial charge on any atom is -1.00 e. The zero-order chi connectivity index (χ0) is 15.0. The lowest BCUT2D eigenvalue weighted by atomic mass is 9.81. The van der Waals surface area contributed by atoms with Gasteiger partial charge in [-0.3, -0.25) is 9.71 Å². The molecule has 1 atom stereocenters. The molecule has 0 spiro atoms. The molecule has 6 nitrogen and oxygen atoms in total. The van der Waals surface area contributed by atoms with Crippen LogP contribution in [0.1, 0.15) is 29.9 Å². The number of sulfonamides is 1. The zero-order valence-corrected chi connectivity index (χ0v) is 14.7. The van der Waals surface area contributed by atoms with Crippen molar-refractivity contribution >= 4 is 21.5 Å². The molecule has 22 heavy (non-hydrogen) atoms. The summed E-state index contributed by atoms with van der Waals surface area (Å²) in [5, 5.41) is 13.3. The normalized spacial score (nSPS) is 20.4. The van der Waals surface area contributed by atoms with Gasteiger partial charge < -0.3 is 27.4 Å². The van der Waals surface area contributed by atoms with Crippen LogP contribution in [0.4, 0.5) is 5.69 Å². The quantitative estimate of drug-likeness (QED) is 0.532. The summed E-state index contributed by atoms with van der Waals surface area (Å²) in [5.74, 6) is 1.12. The number of aliphatic imine (C=N–C) groups is 1. The van der Waals surface area contributed by atoms with Crippen LogP contribution in [0.5, 0.6) is 5.75 Å². The van der Waals surface area contributed by atoms with Gasteiger partial charge >= 0.3 is 0 Å². The van der Waals surface area contributed by atoms with Crippen LogP contribution < -0.4 is 27.0 Å². The Labute approximate surface area is 140 Å². The van der Waals surface area contributed by atoms with Gasteiger partial charge in [-0.05, 0) is 36.5 Å². The number of fused-ring (bicyclic) bond motifs is 1. The van der Waals surface area contributed by atoms with Gasteiger partial charge in [0.2, 0.25) is 10.0 Å². The highest BCUT2D eigenvalue weighted by molar-refractivity contribution is 7.92. The van der Waals surface area contributed by atoms with Gasteiger partial charge in [-0.1, -0.05) is 6.07 Å². The van der Waals surface area contributed by atoms with Crippen molar-refractivity contribution in [2.75, 3.05) is 24.1 Å². The average Bonchev–Trinajstić information content (AvgIpc) is 2.94. The Balaban J connectivity index is 0.00000176. The van der Waals surface area contributed by atoms with Crippen LogP contribution in [0, 0.1) is 0 Å². The number of anilines is 1. The van der Waals surface area contributed by atoms with Crippen molar-refractivity contribution < 1.29 is 30.5 Å². The minimum atomic E-state index is -3.43. The Morgan fingerprint density at radius 3 is 2.82 bits per heavy atom. The van der Waals surface area contributed by atoms with Crippen molar-refractivity contribution in [1.82, 2.24) is 5.32 Å². The van der Waals surface area contributed by atoms with E-state index in [2.05, 4.69) is 15.0 Å². The number of halogens is 1. The molecule has 1 aliphatic heterocycles. The van der Waals surface area contributed by atoms with Gasteiger partial charge in [0.05, 0.1) is 18.5 Å². The third kappa shape index (κ3) is 3.38. The Morgan fingerprint density at radius 2 is 2.18 bits per heavy atom. The van der Waals surface area contributed by atoms with Crippen molar-refractivity contribution in [2.24, 2.45) is 4.99 Å². The molecule has 0 saturated heterocycles. The molecule has 0 radical (unpaired) electrons. The van der Waals surface area contributed by atoms with E-state index in [1.807, 2.05) is 6.07 Å². The van der Waals surface area contributed by atoms with Crippen LogP contribution in [0.3, 0.4) is 0 Å². The van der Waals surface area contributed by atoms with Crippen LogP contribution in [-0.4, -0.2) is 38.7 Å². The number of aromatic hydroxyl groups is 1. The van der Waals surface area contributed by atoms with E-state index >= 15 is 0 Å². The minimum absolute atomic E-state index is 0. The highest BCUT2D eigenvalue weighted by Crippen LogP contribution is 2.40. The summed E-state index contributed by atoms with van der Waals surface area (Å²) in [6.07, 6.45) is 3.78. The first kappa shape index (κ1) is 17.1. The maximum absolute atomic E-state index is 11.5. The molecular weight excluding hydrogens is 370 g/mol. The topological polar surface area (TPSA) is 90.8 Å². The van der Waals surface area contributed by atoms with Crippen LogP contribution in [-0.2, 0) is 16.4 Å². The molecule has 0 saturated carbocycles. The first-order chi connectivity index (χ1) is 9.96. The Hall–Kier alpha value is -1.28. The molecule has 3 rings (SSSR count). The van der Waals surface area contributed by atoms with Gasteiger partial charge in [-0.15, -0.1) is 0 Å². The molecule has 1 heterocycles. The monoisotopic (exact) mass is 388 g/mol. The summed E-state index contributed by atoms with van der Waals surface area (Å²) >= 11 is 0. The summed E-state index contributed by atoms with van der Waals surface area (Å²) in [6.45, 7) is 1.64. The van der Waals surface area contributed by atoms with Crippen molar-refractivity contribution in [3.8, 4) is 5.75 Å². The third-order valence-electron chi connectivity index (χ3n) is 3.94. The molecule has 122 valence electrons. The predicted molar refractivity (Wildman–Crippen MR) is 82.6 cm³/mol. The van der Waals surface area contributed by atoms with Crippen molar-refractivity contribution in [3.63, 3.8) is 0 Å². The zero-order valence-electron chi connectivity index (χ0n) is 12.3. The summed E-state index contributed by atoms with van der Waals surface area (Å²) in [6, 6.07) is 3.44. The molecule has 1 aliphatic carbocycles. The molecule has 0 fully saturated rings. The third-order valence-corrected chi connectivity index (χ3v) is 4.51. The number of nitrogens with one attached hydrogen (secondary N) is 2. The van der Waals surface area contributed by atoms with E-state index < -0.39 is 10.0 Å². The maximum atomic E-state index is 11.5. The lowest BCUT2D eigenvalue weighted by Crippen LogP contribution is -3.00. The van der Waals surface area contributed by atoms with Gasteiger partial charge in [-0.25, -0.2) is 8.42 Å². The Bertz CT molecular complexity index is 704. The van der Waals surface area contributed by atoms with Crippen molar-refractivity contribution in [3.05, 3.63) is 23.3 Å². The SMILES string of the molecule is CS(=O)(=O)Nc1c(O)ccc2c1CCCC2C1=NCCN1.[Br-]. The van der Waals surface area contributed by atoms with Crippen LogP contribution in [0.25, 0.3) is 0 Å². The van der Waals surface area contributed by atoms with Crippen LogP contribution in [0.15, 0.2) is 17.1 Å². The number of rotatable bonds is 3. The first-order valence-electron chi connectivity index (χ1n) is 7.06. The summed E-state index contributed by atoms with van der Waals surface area (Å²) < 4.78 is 25.5. The summed E-state index contributed by atoms with van der Waals surface area (Å²) in [7, 11) is -3.43. The Morgan fingerprint density at radius 1 is 1.41 bits per heavy atom. The average molecular weight is 389 g/mol. The number of nitrogens with zero attached hydrogens (tertiary/aromatic N) is 1. The number of hydrogen-bond acceptors (Lipinski definition) is 5. The smallest absolute Gasteiger partial charge is 0.229 e. The highest BCUT2D eigenvalue weighted by Gasteiger charge is 2.29. The van der Waals surface area contributed by atoms with E-state index in [1.165, 1.54) is 0 Å². The molecule has 3 N–H and O–H groups in total. The van der Waals surface area contributed by atoms with E-state index in [9.17, 15) is 13.5 Å². The van der Waals surface area contributed by atoms with Gasteiger partial charge in [0.15, 0.2) is 0 Å². The summed E-state index contributed by atoms with van der Waals surface area (Å²) in [4.78, 5) is 4.49. The predicted octanol–water partition coefficient (Wildman–Crippen LogP) is -1.81. The number of phenolic OH excluding ortho intramolecular Hbond substituents is 1. The highest BCUT2D eigenvalue weighted by atomic mass is 79.9. The molecule has 1 aromatic rings. The Kier molecular flexibility index (Phi) is 5.01. The second-order valence-electron chi connectivity index (χ2n) is 5.54. The summed E-state index contributed by atoms with van der Waals surface area (Å²) in [5.41, 5.74) is 2.25. The molecule has 0 aromatic heterocycles. The number of amidine groups is 1. The van der Waals surface area contributed by atoms with Crippen molar-refractivity contribution in [2.45, 2.75) is 25.2 Å². The lowest BCUT2D eigenvalue weighted by molar-refractivity contribution is -0.00000778. The fourth-order valence-corrected chi connectivity index (χ4v) is 3.72. The fourth-order valence-electron chi connectivity index (χ4n) is 3.12. The molecule has 8 heteroatoms. The second-order valence-corrected chi connectivity index (χ2v) is 7.29. The maximum Gasteiger partial charge on any atom is 0.229 e. The largest absolute Gasteiger partial charge is 1.00 e. The number of benzene rings is 1. The van der Waals surface area contributed by atoms with Crippen molar-refractivity contribution in [1.29, 1.82) is 0 Å².